The first-order valence-corrected chi connectivity index (χ1v) is 8.18. The van der Waals surface area contributed by atoms with Crippen LogP contribution in [-0.2, 0) is 23.9 Å². The summed E-state index contributed by atoms with van der Waals surface area (Å²) in [6.45, 7) is 0. The highest BCUT2D eigenvalue weighted by Gasteiger charge is 2.88. The number of carbonyl (C=O) groups excluding carboxylic acids is 3. The second-order valence-corrected chi connectivity index (χ2v) is 7.11. The van der Waals surface area contributed by atoms with Crippen molar-refractivity contribution < 1.29 is 29.0 Å². The van der Waals surface area contributed by atoms with Crippen LogP contribution in [0.5, 0.6) is 0 Å². The number of nitrogens with one attached hydrogen (secondary N) is 1. The van der Waals surface area contributed by atoms with E-state index in [-0.39, 0.29) is 0 Å². The van der Waals surface area contributed by atoms with Crippen molar-refractivity contribution >= 4 is 40.9 Å². The van der Waals surface area contributed by atoms with E-state index in [0.717, 1.165) is 20.3 Å². The average Bonchev–Trinajstić information content (AvgIpc) is 2.77. The molecule has 2 aliphatic carbocycles. The minimum atomic E-state index is -2.65. The molecule has 0 unspecified atom stereocenters. The summed E-state index contributed by atoms with van der Waals surface area (Å²) < 4.78 is 9.35. The van der Waals surface area contributed by atoms with Crippen molar-refractivity contribution in [2.24, 2.45) is 10.8 Å². The predicted molar refractivity (Wildman–Crippen MR) is 87.4 cm³/mol. The number of hydrogen-bond acceptors (Lipinski definition) is 9. The number of ketones is 1. The van der Waals surface area contributed by atoms with Gasteiger partial charge in [-0.2, -0.15) is 10.5 Å². The molecule has 140 valence electrons. The van der Waals surface area contributed by atoms with Gasteiger partial charge in [-0.05, 0) is 6.08 Å². The number of esters is 2. The summed E-state index contributed by atoms with van der Waals surface area (Å²) >= 11 is 12.1. The molecule has 27 heavy (non-hydrogen) atoms. The Balaban J connectivity index is 2.55. The molecule has 2 N–H and O–H groups in total. The molecule has 0 aromatic carbocycles. The summed E-state index contributed by atoms with van der Waals surface area (Å²) in [6.07, 6.45) is 0.176. The molecule has 3 aliphatic rings. The molecule has 0 amide bonds. The van der Waals surface area contributed by atoms with Crippen molar-refractivity contribution in [1.82, 2.24) is 5.32 Å². The Kier molecular flexibility index (Phi) is 3.88. The van der Waals surface area contributed by atoms with Crippen LogP contribution in [0, 0.1) is 33.5 Å². The van der Waals surface area contributed by atoms with E-state index in [4.69, 9.17) is 27.9 Å². The number of allylic oxidation sites excluding steroid dienone is 1. The molecule has 0 radical (unpaired) electrons. The van der Waals surface area contributed by atoms with E-state index in [0.29, 0.717) is 0 Å². The van der Waals surface area contributed by atoms with Crippen LogP contribution in [0.2, 0.25) is 0 Å². The van der Waals surface area contributed by atoms with Gasteiger partial charge < -0.3 is 19.9 Å². The maximum Gasteiger partial charge on any atom is 0.353 e. The molecule has 1 aliphatic heterocycles. The minimum absolute atomic E-state index is 0.401. The summed E-state index contributed by atoms with van der Waals surface area (Å²) in [6, 6.07) is 3.46. The van der Waals surface area contributed by atoms with Gasteiger partial charge in [-0.3, -0.25) is 4.79 Å². The van der Waals surface area contributed by atoms with Crippen LogP contribution in [0.4, 0.5) is 0 Å². The molecule has 4 bridgehead atoms. The Morgan fingerprint density at radius 2 is 1.89 bits per heavy atom. The second kappa shape index (κ2) is 5.46. The van der Waals surface area contributed by atoms with Crippen LogP contribution in [0.3, 0.4) is 0 Å². The third-order valence-corrected chi connectivity index (χ3v) is 6.42. The number of rotatable bonds is 2. The first-order valence-electron chi connectivity index (χ1n) is 7.42. The molecule has 1 fully saturated rings. The van der Waals surface area contributed by atoms with Crippen molar-refractivity contribution in [3.63, 3.8) is 0 Å². The van der Waals surface area contributed by atoms with E-state index >= 15 is 0 Å². The lowest BCUT2D eigenvalue weighted by atomic mass is 9.55. The van der Waals surface area contributed by atoms with Gasteiger partial charge in [0.05, 0.1) is 31.4 Å². The van der Waals surface area contributed by atoms with E-state index < -0.39 is 61.9 Å². The second-order valence-electron chi connectivity index (χ2n) is 6.35. The van der Waals surface area contributed by atoms with Gasteiger partial charge in [-0.25, -0.2) is 9.59 Å². The third-order valence-electron chi connectivity index (χ3n) is 5.50. The van der Waals surface area contributed by atoms with Crippen LogP contribution < -0.4 is 5.32 Å². The lowest BCUT2D eigenvalue weighted by Gasteiger charge is -2.51. The van der Waals surface area contributed by atoms with Crippen molar-refractivity contribution in [2.45, 2.75) is 17.6 Å². The molecular formula is C16H11Cl2N3O6. The van der Waals surface area contributed by atoms with E-state index in [2.05, 4.69) is 10.1 Å². The van der Waals surface area contributed by atoms with Gasteiger partial charge in [-0.1, -0.05) is 23.2 Å². The number of nitriles is 2. The number of ether oxygens (including phenoxy) is 2. The van der Waals surface area contributed by atoms with Gasteiger partial charge in [0.15, 0.2) is 16.9 Å². The lowest BCUT2D eigenvalue weighted by Crippen LogP contribution is -2.72. The average molecular weight is 412 g/mol. The fraction of sp³-hybridized carbons (Fsp3) is 0.438. The molecule has 3 rings (SSSR count). The molecular weight excluding hydrogens is 401 g/mol. The Bertz CT molecular complexity index is 962. The smallest absolute Gasteiger partial charge is 0.353 e. The van der Waals surface area contributed by atoms with Crippen molar-refractivity contribution in [2.75, 3.05) is 14.2 Å². The standard InChI is InChI=1S/C16H11Cl2N3O6/c1-26-11(23)7-3-14(6-20)13(5-19)4-15(21-7,12(24)27-2)16(14,25)9(18)8(17)10(13)22/h3,21,25H,4H2,1-2H3/t13-,14-,15-,16+/m1/s1. The number of hydrogen-bond donors (Lipinski definition) is 2. The highest BCUT2D eigenvalue weighted by molar-refractivity contribution is 6.51. The zero-order valence-electron chi connectivity index (χ0n) is 13.9. The van der Waals surface area contributed by atoms with Crippen molar-refractivity contribution in [3.8, 4) is 12.1 Å². The fourth-order valence-electron chi connectivity index (χ4n) is 4.27. The molecule has 11 heteroatoms. The monoisotopic (exact) mass is 411 g/mol. The summed E-state index contributed by atoms with van der Waals surface area (Å²) in [7, 11) is 2.05. The van der Waals surface area contributed by atoms with Gasteiger partial charge in [0.1, 0.15) is 21.6 Å². The zero-order valence-corrected chi connectivity index (χ0v) is 15.4. The Morgan fingerprint density at radius 1 is 1.26 bits per heavy atom. The molecule has 0 spiro atoms. The largest absolute Gasteiger partial charge is 0.467 e. The number of Topliss-reactive ketones (excluding diaryl/α,β-unsaturated/α-hetero) is 1. The highest BCUT2D eigenvalue weighted by atomic mass is 35.5. The first-order chi connectivity index (χ1) is 12.6. The van der Waals surface area contributed by atoms with Gasteiger partial charge in [0.2, 0.25) is 0 Å². The quantitative estimate of drug-likeness (QED) is 0.597. The number of nitrogens with zero attached hydrogens (tertiary/aromatic N) is 2. The molecule has 4 atom stereocenters. The minimum Gasteiger partial charge on any atom is -0.467 e. The fourth-order valence-corrected chi connectivity index (χ4v) is 4.97. The van der Waals surface area contributed by atoms with Crippen LogP contribution in [-0.4, -0.2) is 48.2 Å². The number of halogens is 2. The topological polar surface area (TPSA) is 150 Å². The number of methoxy groups -OCH3 is 2. The maximum atomic E-state index is 12.9. The number of carbonyl (C=O) groups is 3. The van der Waals surface area contributed by atoms with Gasteiger partial charge in [0, 0.05) is 6.42 Å². The van der Waals surface area contributed by atoms with Crippen LogP contribution in [0.25, 0.3) is 0 Å². The summed E-state index contributed by atoms with van der Waals surface area (Å²) in [4.78, 5) is 37.8. The van der Waals surface area contributed by atoms with Crippen LogP contribution in [0.1, 0.15) is 6.42 Å². The molecule has 0 aromatic heterocycles. The Labute approximate surface area is 162 Å². The number of aliphatic hydroxyl groups is 1. The van der Waals surface area contributed by atoms with E-state index in [9.17, 15) is 30.0 Å². The van der Waals surface area contributed by atoms with E-state index in [1.165, 1.54) is 0 Å². The van der Waals surface area contributed by atoms with Crippen molar-refractivity contribution in [1.29, 1.82) is 10.5 Å². The van der Waals surface area contributed by atoms with E-state index in [1.54, 1.807) is 12.1 Å². The highest BCUT2D eigenvalue weighted by Crippen LogP contribution is 2.72. The van der Waals surface area contributed by atoms with Gasteiger partial charge in [-0.15, -0.1) is 0 Å². The Morgan fingerprint density at radius 3 is 2.37 bits per heavy atom. The summed E-state index contributed by atoms with van der Waals surface area (Å²) in [5.74, 6) is -3.18. The van der Waals surface area contributed by atoms with E-state index in [1.807, 2.05) is 0 Å². The van der Waals surface area contributed by atoms with Crippen LogP contribution in [0.15, 0.2) is 21.8 Å². The van der Waals surface area contributed by atoms with Crippen molar-refractivity contribution in [3.05, 3.63) is 21.8 Å². The van der Waals surface area contributed by atoms with Gasteiger partial charge in [0.25, 0.3) is 0 Å². The maximum absolute atomic E-state index is 12.9. The molecule has 1 saturated carbocycles. The molecule has 0 saturated heterocycles. The third kappa shape index (κ3) is 1.66. The molecule has 1 heterocycles. The lowest BCUT2D eigenvalue weighted by molar-refractivity contribution is -0.161. The Hall–Kier alpha value is -2.59. The SMILES string of the molecule is COC(=O)C1=C[C@]2(C#N)[C@@]3(O)C(Cl)=C(Cl)C(=O)[C@]2(C#N)C[C@]3(C(=O)OC)N1. The molecule has 9 nitrogen and oxygen atoms in total. The predicted octanol–water partition coefficient (Wildman–Crippen LogP) is -0.0150. The zero-order chi connectivity index (χ0) is 20.4. The summed E-state index contributed by atoms with van der Waals surface area (Å²) in [5, 5.41) is 32.5. The summed E-state index contributed by atoms with van der Waals surface area (Å²) in [5.41, 5.74) is -10.1. The van der Waals surface area contributed by atoms with Crippen LogP contribution >= 0.6 is 23.2 Å². The normalized spacial score (nSPS) is 38.9. The van der Waals surface area contributed by atoms with Gasteiger partial charge >= 0.3 is 11.9 Å². The molecule has 0 aromatic rings. The first kappa shape index (κ1) is 19.2.